The van der Waals surface area contributed by atoms with Crippen LogP contribution in [0.3, 0.4) is 0 Å². The van der Waals surface area contributed by atoms with Gasteiger partial charge in [0.15, 0.2) is 0 Å². The molecule has 4 nitrogen and oxygen atoms in total. The minimum atomic E-state index is -2.50. The molecule has 0 spiro atoms. The molecule has 0 aliphatic heterocycles. The first-order valence-electron chi connectivity index (χ1n) is 7.57. The van der Waals surface area contributed by atoms with Crippen LogP contribution in [0.4, 0.5) is 8.78 Å². The first-order valence-corrected chi connectivity index (χ1v) is 7.57. The monoisotopic (exact) mass is 348 g/mol. The Morgan fingerprint density at radius 3 is 2.83 bits per heavy atom. The number of hydrogen-bond acceptors (Lipinski definition) is 3. The fourth-order valence-corrected chi connectivity index (χ4v) is 2.73. The van der Waals surface area contributed by atoms with Crippen molar-refractivity contribution in [2.75, 3.05) is 6.61 Å². The summed E-state index contributed by atoms with van der Waals surface area (Å²) in [5, 5.41) is 2.84. The van der Waals surface area contributed by atoms with E-state index in [2.05, 4.69) is 5.32 Å². The summed E-state index contributed by atoms with van der Waals surface area (Å²) < 4.78 is 29.2. The lowest BCUT2D eigenvalue weighted by Gasteiger charge is -2.15. The molecule has 1 aromatic carbocycles. The molecular weight excluding hydrogens is 326 g/mol. The van der Waals surface area contributed by atoms with Gasteiger partial charge < -0.3 is 15.8 Å². The number of alkyl halides is 2. The van der Waals surface area contributed by atoms with Crippen LogP contribution in [0.2, 0.25) is 0 Å². The Morgan fingerprint density at radius 1 is 1.39 bits per heavy atom. The molecule has 1 saturated carbocycles. The lowest BCUT2D eigenvalue weighted by molar-refractivity contribution is -0.122. The standard InChI is InChI=1S/C16H22F2N2O2.ClH/c17-15(18)10-22-13-5-1-3-11(7-13)9-20-16(21)8-12-4-2-6-14(12)19;/h1,3,5,7,12,14-15H,2,4,6,8-10,19H2,(H,20,21);1H/t12-,14+;/m0./s1. The number of nitrogens with one attached hydrogen (secondary N) is 1. The zero-order chi connectivity index (χ0) is 15.9. The second-order valence-electron chi connectivity index (χ2n) is 5.69. The summed E-state index contributed by atoms with van der Waals surface area (Å²) in [5.41, 5.74) is 6.77. The number of nitrogens with two attached hydrogens (primary N) is 1. The Balaban J connectivity index is 0.00000264. The second-order valence-corrected chi connectivity index (χ2v) is 5.69. The SMILES string of the molecule is Cl.N[C@@H]1CCC[C@H]1CC(=O)NCc1cccc(OCC(F)F)c1. The van der Waals surface area contributed by atoms with Crippen LogP contribution in [0, 0.1) is 5.92 Å². The molecule has 130 valence electrons. The molecule has 3 N–H and O–H groups in total. The van der Waals surface area contributed by atoms with Crippen LogP contribution in [0.1, 0.15) is 31.2 Å². The van der Waals surface area contributed by atoms with Crippen molar-refractivity contribution in [2.45, 2.75) is 44.7 Å². The average molecular weight is 349 g/mol. The topological polar surface area (TPSA) is 64.4 Å². The Hall–Kier alpha value is -1.40. The third-order valence-corrected chi connectivity index (χ3v) is 3.93. The van der Waals surface area contributed by atoms with Crippen LogP contribution in [0.15, 0.2) is 24.3 Å². The summed E-state index contributed by atoms with van der Waals surface area (Å²) in [6, 6.07) is 6.93. The average Bonchev–Trinajstić information content (AvgIpc) is 2.89. The van der Waals surface area contributed by atoms with E-state index in [-0.39, 0.29) is 30.3 Å². The van der Waals surface area contributed by atoms with Gasteiger partial charge >= 0.3 is 0 Å². The summed E-state index contributed by atoms with van der Waals surface area (Å²) >= 11 is 0. The van der Waals surface area contributed by atoms with Crippen LogP contribution in [-0.4, -0.2) is 25.0 Å². The molecule has 1 amide bonds. The van der Waals surface area contributed by atoms with Gasteiger partial charge in [-0.2, -0.15) is 0 Å². The molecule has 2 atom stereocenters. The highest BCUT2D eigenvalue weighted by Gasteiger charge is 2.25. The maximum Gasteiger partial charge on any atom is 0.272 e. The van der Waals surface area contributed by atoms with Crippen molar-refractivity contribution in [2.24, 2.45) is 11.7 Å². The number of carbonyl (C=O) groups is 1. The predicted molar refractivity (Wildman–Crippen MR) is 87.0 cm³/mol. The zero-order valence-electron chi connectivity index (χ0n) is 12.8. The van der Waals surface area contributed by atoms with E-state index in [1.54, 1.807) is 18.2 Å². The Morgan fingerprint density at radius 2 is 2.17 bits per heavy atom. The van der Waals surface area contributed by atoms with E-state index >= 15 is 0 Å². The van der Waals surface area contributed by atoms with Gasteiger partial charge in [0.05, 0.1) is 0 Å². The van der Waals surface area contributed by atoms with Gasteiger partial charge in [0, 0.05) is 19.0 Å². The molecule has 1 aromatic rings. The number of ether oxygens (including phenoxy) is 1. The minimum Gasteiger partial charge on any atom is -0.488 e. The molecule has 1 fully saturated rings. The number of amides is 1. The fourth-order valence-electron chi connectivity index (χ4n) is 2.73. The molecule has 1 aliphatic rings. The summed E-state index contributed by atoms with van der Waals surface area (Å²) in [5.74, 6) is 0.617. The number of halogens is 3. The van der Waals surface area contributed by atoms with Crippen molar-refractivity contribution >= 4 is 18.3 Å². The van der Waals surface area contributed by atoms with Crippen molar-refractivity contribution in [3.8, 4) is 5.75 Å². The van der Waals surface area contributed by atoms with E-state index < -0.39 is 13.0 Å². The van der Waals surface area contributed by atoms with Gasteiger partial charge in [-0.15, -0.1) is 12.4 Å². The molecule has 0 bridgehead atoms. The maximum absolute atomic E-state index is 12.1. The molecule has 0 saturated heterocycles. The van der Waals surface area contributed by atoms with Gasteiger partial charge in [-0.1, -0.05) is 18.6 Å². The van der Waals surface area contributed by atoms with Crippen LogP contribution in [0.5, 0.6) is 5.75 Å². The lowest BCUT2D eigenvalue weighted by Crippen LogP contribution is -2.31. The van der Waals surface area contributed by atoms with Crippen LogP contribution in [0.25, 0.3) is 0 Å². The molecule has 7 heteroatoms. The normalized spacial score (nSPS) is 20.2. The van der Waals surface area contributed by atoms with Crippen molar-refractivity contribution < 1.29 is 18.3 Å². The van der Waals surface area contributed by atoms with E-state index in [0.29, 0.717) is 18.7 Å². The first kappa shape index (κ1) is 19.6. The molecule has 0 radical (unpaired) electrons. The Kier molecular flexibility index (Phi) is 8.26. The van der Waals surface area contributed by atoms with Crippen molar-refractivity contribution in [3.63, 3.8) is 0 Å². The highest BCUT2D eigenvalue weighted by atomic mass is 35.5. The van der Waals surface area contributed by atoms with Crippen LogP contribution < -0.4 is 15.8 Å². The summed E-state index contributed by atoms with van der Waals surface area (Å²) in [6.45, 7) is -0.276. The Bertz CT molecular complexity index is 503. The molecule has 2 rings (SSSR count). The highest BCUT2D eigenvalue weighted by Crippen LogP contribution is 2.26. The first-order chi connectivity index (χ1) is 10.5. The van der Waals surface area contributed by atoms with E-state index in [0.717, 1.165) is 24.8 Å². The van der Waals surface area contributed by atoms with Gasteiger partial charge in [0.2, 0.25) is 5.91 Å². The lowest BCUT2D eigenvalue weighted by atomic mass is 10.00. The van der Waals surface area contributed by atoms with Gasteiger partial charge in [-0.25, -0.2) is 8.78 Å². The van der Waals surface area contributed by atoms with Gasteiger partial charge in [-0.3, -0.25) is 4.79 Å². The third-order valence-electron chi connectivity index (χ3n) is 3.93. The van der Waals surface area contributed by atoms with E-state index in [1.165, 1.54) is 0 Å². The largest absolute Gasteiger partial charge is 0.488 e. The molecule has 0 aromatic heterocycles. The van der Waals surface area contributed by atoms with E-state index in [4.69, 9.17) is 10.5 Å². The highest BCUT2D eigenvalue weighted by molar-refractivity contribution is 5.85. The van der Waals surface area contributed by atoms with Crippen LogP contribution in [-0.2, 0) is 11.3 Å². The molecule has 0 heterocycles. The molecule has 1 aliphatic carbocycles. The van der Waals surface area contributed by atoms with Gasteiger partial charge in [0.25, 0.3) is 6.43 Å². The second kappa shape index (κ2) is 9.67. The quantitative estimate of drug-likeness (QED) is 0.796. The number of carbonyl (C=O) groups excluding carboxylic acids is 1. The molecular formula is C16H23ClF2N2O2. The minimum absolute atomic E-state index is 0. The summed E-state index contributed by atoms with van der Waals surface area (Å²) in [6.07, 6.45) is 1.03. The number of rotatable bonds is 7. The van der Waals surface area contributed by atoms with E-state index in [9.17, 15) is 13.6 Å². The van der Waals surface area contributed by atoms with Crippen molar-refractivity contribution in [1.82, 2.24) is 5.32 Å². The van der Waals surface area contributed by atoms with Crippen molar-refractivity contribution in [1.29, 1.82) is 0 Å². The van der Waals surface area contributed by atoms with Gasteiger partial charge in [0.1, 0.15) is 12.4 Å². The van der Waals surface area contributed by atoms with Crippen molar-refractivity contribution in [3.05, 3.63) is 29.8 Å². The number of hydrogen-bond donors (Lipinski definition) is 2. The number of benzene rings is 1. The van der Waals surface area contributed by atoms with Crippen LogP contribution >= 0.6 is 12.4 Å². The smallest absolute Gasteiger partial charge is 0.272 e. The molecule has 0 unspecified atom stereocenters. The van der Waals surface area contributed by atoms with E-state index in [1.807, 2.05) is 6.07 Å². The Labute approximate surface area is 141 Å². The predicted octanol–water partition coefficient (Wildman–Crippen LogP) is 2.89. The zero-order valence-corrected chi connectivity index (χ0v) is 13.7. The third kappa shape index (κ3) is 6.71. The summed E-state index contributed by atoms with van der Waals surface area (Å²) in [7, 11) is 0. The maximum atomic E-state index is 12.1. The fraction of sp³-hybridized carbons (Fsp3) is 0.562. The summed E-state index contributed by atoms with van der Waals surface area (Å²) in [4.78, 5) is 11.9. The molecule has 23 heavy (non-hydrogen) atoms. The van der Waals surface area contributed by atoms with Gasteiger partial charge in [-0.05, 0) is 36.5 Å².